The standard InChI is InChI=1S/C16H21F3O/c1-10-4-3-5-14(11(10)2)15(20)12-6-8-13(9-7-12)16(17,18)19/h3-5,12-13,15,20H,6-9H2,1-2H3. The molecule has 4 heteroatoms. The first-order valence-electron chi connectivity index (χ1n) is 7.11. The Bertz CT molecular complexity index is 459. The second-order valence-corrected chi connectivity index (χ2v) is 5.89. The Labute approximate surface area is 117 Å². The van der Waals surface area contributed by atoms with Gasteiger partial charge in [0, 0.05) is 0 Å². The third-order valence-electron chi connectivity index (χ3n) is 4.65. The molecule has 20 heavy (non-hydrogen) atoms. The average Bonchev–Trinajstić information content (AvgIpc) is 2.40. The summed E-state index contributed by atoms with van der Waals surface area (Å²) in [6.07, 6.45) is -3.58. The van der Waals surface area contributed by atoms with Crippen molar-refractivity contribution in [2.75, 3.05) is 0 Å². The van der Waals surface area contributed by atoms with Gasteiger partial charge >= 0.3 is 6.18 Å². The quantitative estimate of drug-likeness (QED) is 0.835. The van der Waals surface area contributed by atoms with Gasteiger partial charge in [0.2, 0.25) is 0 Å². The van der Waals surface area contributed by atoms with Crippen molar-refractivity contribution in [1.82, 2.24) is 0 Å². The maximum absolute atomic E-state index is 12.6. The summed E-state index contributed by atoms with van der Waals surface area (Å²) in [7, 11) is 0. The van der Waals surface area contributed by atoms with Crippen molar-refractivity contribution in [3.05, 3.63) is 34.9 Å². The molecule has 0 radical (unpaired) electrons. The number of rotatable bonds is 2. The van der Waals surface area contributed by atoms with E-state index in [1.54, 1.807) is 0 Å². The van der Waals surface area contributed by atoms with Crippen LogP contribution in [-0.4, -0.2) is 11.3 Å². The first kappa shape index (κ1) is 15.4. The van der Waals surface area contributed by atoms with E-state index in [1.807, 2.05) is 32.0 Å². The van der Waals surface area contributed by atoms with E-state index in [0.29, 0.717) is 12.8 Å². The van der Waals surface area contributed by atoms with Gasteiger partial charge in [0.05, 0.1) is 12.0 Å². The number of hydrogen-bond acceptors (Lipinski definition) is 1. The predicted molar refractivity (Wildman–Crippen MR) is 72.4 cm³/mol. The summed E-state index contributed by atoms with van der Waals surface area (Å²) in [6, 6.07) is 5.75. The maximum Gasteiger partial charge on any atom is 0.391 e. The summed E-state index contributed by atoms with van der Waals surface area (Å²) in [5.41, 5.74) is 3.00. The molecular formula is C16H21F3O. The number of hydrogen-bond donors (Lipinski definition) is 1. The summed E-state index contributed by atoms with van der Waals surface area (Å²) in [5, 5.41) is 10.5. The Morgan fingerprint density at radius 1 is 1.10 bits per heavy atom. The summed E-state index contributed by atoms with van der Waals surface area (Å²) in [5.74, 6) is -1.25. The van der Waals surface area contributed by atoms with Gasteiger partial charge in [-0.05, 0) is 62.1 Å². The van der Waals surface area contributed by atoms with Crippen molar-refractivity contribution < 1.29 is 18.3 Å². The fraction of sp³-hybridized carbons (Fsp3) is 0.625. The molecule has 1 fully saturated rings. The zero-order valence-corrected chi connectivity index (χ0v) is 11.9. The molecule has 1 aliphatic carbocycles. The molecule has 0 aliphatic heterocycles. The average molecular weight is 286 g/mol. The van der Waals surface area contributed by atoms with Crippen LogP contribution in [0.2, 0.25) is 0 Å². The first-order chi connectivity index (χ1) is 9.30. The van der Waals surface area contributed by atoms with E-state index >= 15 is 0 Å². The lowest BCUT2D eigenvalue weighted by Crippen LogP contribution is -2.29. The van der Waals surface area contributed by atoms with Gasteiger partial charge in [-0.25, -0.2) is 0 Å². The van der Waals surface area contributed by atoms with Crippen molar-refractivity contribution in [3.63, 3.8) is 0 Å². The summed E-state index contributed by atoms with van der Waals surface area (Å²) >= 11 is 0. The minimum atomic E-state index is -4.09. The molecular weight excluding hydrogens is 265 g/mol. The number of aryl methyl sites for hydroxylation is 1. The zero-order chi connectivity index (χ0) is 14.9. The lowest BCUT2D eigenvalue weighted by Gasteiger charge is -2.33. The van der Waals surface area contributed by atoms with Crippen LogP contribution in [0.25, 0.3) is 0 Å². The van der Waals surface area contributed by atoms with Crippen molar-refractivity contribution >= 4 is 0 Å². The molecule has 112 valence electrons. The van der Waals surface area contributed by atoms with Gasteiger partial charge in [-0.15, -0.1) is 0 Å². The molecule has 0 bridgehead atoms. The van der Waals surface area contributed by atoms with E-state index in [2.05, 4.69) is 0 Å². The van der Waals surface area contributed by atoms with E-state index in [9.17, 15) is 18.3 Å². The van der Waals surface area contributed by atoms with Crippen LogP contribution in [0.3, 0.4) is 0 Å². The van der Waals surface area contributed by atoms with E-state index in [-0.39, 0.29) is 18.8 Å². The highest BCUT2D eigenvalue weighted by atomic mass is 19.4. The molecule has 2 rings (SSSR count). The Morgan fingerprint density at radius 2 is 1.70 bits per heavy atom. The molecule has 1 nitrogen and oxygen atoms in total. The first-order valence-corrected chi connectivity index (χ1v) is 7.11. The van der Waals surface area contributed by atoms with Gasteiger partial charge < -0.3 is 5.11 Å². The minimum Gasteiger partial charge on any atom is -0.388 e. The molecule has 0 heterocycles. The molecule has 1 aromatic rings. The van der Waals surface area contributed by atoms with E-state index in [0.717, 1.165) is 16.7 Å². The number of benzene rings is 1. The van der Waals surface area contributed by atoms with Gasteiger partial charge in [-0.2, -0.15) is 13.2 Å². The van der Waals surface area contributed by atoms with Crippen molar-refractivity contribution in [1.29, 1.82) is 0 Å². The predicted octanol–water partition coefficient (Wildman–Crippen LogP) is 4.71. The minimum absolute atomic E-state index is 0.0610. The van der Waals surface area contributed by atoms with E-state index < -0.39 is 18.2 Å². The molecule has 1 saturated carbocycles. The van der Waals surface area contributed by atoms with Crippen molar-refractivity contribution in [3.8, 4) is 0 Å². The lowest BCUT2D eigenvalue weighted by molar-refractivity contribution is -0.185. The van der Waals surface area contributed by atoms with Crippen LogP contribution in [0.15, 0.2) is 18.2 Å². The van der Waals surface area contributed by atoms with Crippen LogP contribution in [0.5, 0.6) is 0 Å². The number of alkyl halides is 3. The van der Waals surface area contributed by atoms with E-state index in [4.69, 9.17) is 0 Å². The number of aliphatic hydroxyl groups is 1. The van der Waals surface area contributed by atoms with Gasteiger partial charge in [-0.3, -0.25) is 0 Å². The highest BCUT2D eigenvalue weighted by Crippen LogP contribution is 2.43. The molecule has 0 amide bonds. The molecule has 1 unspecified atom stereocenters. The van der Waals surface area contributed by atoms with Crippen molar-refractivity contribution in [2.45, 2.75) is 51.8 Å². The SMILES string of the molecule is Cc1cccc(C(O)C2CCC(C(F)(F)F)CC2)c1C. The van der Waals surface area contributed by atoms with Gasteiger partial charge in [-0.1, -0.05) is 18.2 Å². The Morgan fingerprint density at radius 3 is 2.25 bits per heavy atom. The van der Waals surface area contributed by atoms with Crippen LogP contribution < -0.4 is 0 Å². The fourth-order valence-electron chi connectivity index (χ4n) is 3.11. The monoisotopic (exact) mass is 286 g/mol. The summed E-state index contributed by atoms with van der Waals surface area (Å²) in [6.45, 7) is 3.93. The summed E-state index contributed by atoms with van der Waals surface area (Å²) < 4.78 is 37.9. The van der Waals surface area contributed by atoms with E-state index in [1.165, 1.54) is 0 Å². The van der Waals surface area contributed by atoms with Crippen molar-refractivity contribution in [2.24, 2.45) is 11.8 Å². The van der Waals surface area contributed by atoms with Crippen LogP contribution in [0.4, 0.5) is 13.2 Å². The highest BCUT2D eigenvalue weighted by Gasteiger charge is 2.42. The Hall–Kier alpha value is -1.03. The Balaban J connectivity index is 2.05. The second kappa shape index (κ2) is 5.76. The topological polar surface area (TPSA) is 20.2 Å². The number of aliphatic hydroxyl groups excluding tert-OH is 1. The molecule has 1 aliphatic rings. The van der Waals surface area contributed by atoms with Crippen LogP contribution in [0.1, 0.15) is 48.5 Å². The lowest BCUT2D eigenvalue weighted by atomic mass is 9.77. The highest BCUT2D eigenvalue weighted by molar-refractivity contribution is 5.34. The smallest absolute Gasteiger partial charge is 0.388 e. The molecule has 1 N–H and O–H groups in total. The van der Waals surface area contributed by atoms with Gasteiger partial charge in [0.25, 0.3) is 0 Å². The third kappa shape index (κ3) is 3.17. The van der Waals surface area contributed by atoms with Gasteiger partial charge in [0.1, 0.15) is 0 Å². The van der Waals surface area contributed by atoms with Crippen LogP contribution >= 0.6 is 0 Å². The molecule has 0 saturated heterocycles. The van der Waals surface area contributed by atoms with Gasteiger partial charge in [0.15, 0.2) is 0 Å². The zero-order valence-electron chi connectivity index (χ0n) is 11.9. The van der Waals surface area contributed by atoms with Crippen LogP contribution in [0, 0.1) is 25.7 Å². The maximum atomic E-state index is 12.6. The molecule has 0 aromatic heterocycles. The summed E-state index contributed by atoms with van der Waals surface area (Å²) in [4.78, 5) is 0. The third-order valence-corrected chi connectivity index (χ3v) is 4.65. The van der Waals surface area contributed by atoms with Crippen LogP contribution in [-0.2, 0) is 0 Å². The number of halogens is 3. The molecule has 1 aromatic carbocycles. The normalized spacial score (nSPS) is 25.5. The molecule has 1 atom stereocenters. The fourth-order valence-corrected chi connectivity index (χ4v) is 3.11. The second-order valence-electron chi connectivity index (χ2n) is 5.89. The molecule has 0 spiro atoms. The Kier molecular flexibility index (Phi) is 4.43. The largest absolute Gasteiger partial charge is 0.391 e.